The highest BCUT2D eigenvalue weighted by atomic mass is 15.3. The molecule has 5 nitrogen and oxygen atoms in total. The maximum Gasteiger partial charge on any atom is 0.156 e. The SMILES string of the molecule is CCCNc1nc(C(C)C)nc2c(C)nn(CC)c12. The van der Waals surface area contributed by atoms with E-state index in [1.807, 2.05) is 11.6 Å². The van der Waals surface area contributed by atoms with Gasteiger partial charge in [-0.15, -0.1) is 0 Å². The molecule has 104 valence electrons. The van der Waals surface area contributed by atoms with Gasteiger partial charge in [-0.25, -0.2) is 9.97 Å². The van der Waals surface area contributed by atoms with E-state index in [0.29, 0.717) is 5.92 Å². The average Bonchev–Trinajstić information content (AvgIpc) is 2.73. The molecule has 0 saturated heterocycles. The molecule has 0 aromatic carbocycles. The van der Waals surface area contributed by atoms with Crippen molar-refractivity contribution in [2.75, 3.05) is 11.9 Å². The summed E-state index contributed by atoms with van der Waals surface area (Å²) in [6, 6.07) is 0. The van der Waals surface area contributed by atoms with Crippen molar-refractivity contribution < 1.29 is 0 Å². The maximum atomic E-state index is 4.68. The minimum atomic E-state index is 0.316. The highest BCUT2D eigenvalue weighted by Crippen LogP contribution is 2.25. The van der Waals surface area contributed by atoms with Crippen molar-refractivity contribution in [1.82, 2.24) is 19.7 Å². The van der Waals surface area contributed by atoms with Crippen molar-refractivity contribution in [2.24, 2.45) is 0 Å². The Morgan fingerprint density at radius 2 is 1.95 bits per heavy atom. The Labute approximate surface area is 114 Å². The Kier molecular flexibility index (Phi) is 4.02. The zero-order valence-corrected chi connectivity index (χ0v) is 12.5. The van der Waals surface area contributed by atoms with Crippen molar-refractivity contribution in [2.45, 2.75) is 53.5 Å². The number of aryl methyl sites for hydroxylation is 2. The van der Waals surface area contributed by atoms with Gasteiger partial charge < -0.3 is 5.32 Å². The summed E-state index contributed by atoms with van der Waals surface area (Å²) in [4.78, 5) is 9.35. The van der Waals surface area contributed by atoms with E-state index in [1.54, 1.807) is 0 Å². The van der Waals surface area contributed by atoms with Crippen LogP contribution in [0, 0.1) is 6.92 Å². The van der Waals surface area contributed by atoms with Gasteiger partial charge in [0.15, 0.2) is 5.82 Å². The third-order valence-corrected chi connectivity index (χ3v) is 3.13. The number of hydrogen-bond donors (Lipinski definition) is 1. The fraction of sp³-hybridized carbons (Fsp3) is 0.643. The fourth-order valence-electron chi connectivity index (χ4n) is 2.10. The first-order chi connectivity index (χ1) is 9.08. The van der Waals surface area contributed by atoms with E-state index in [4.69, 9.17) is 0 Å². The highest BCUT2D eigenvalue weighted by Gasteiger charge is 2.16. The first kappa shape index (κ1) is 13.8. The van der Waals surface area contributed by atoms with Gasteiger partial charge in [-0.2, -0.15) is 5.10 Å². The summed E-state index contributed by atoms with van der Waals surface area (Å²) in [5, 5.41) is 7.96. The van der Waals surface area contributed by atoms with Crippen molar-refractivity contribution >= 4 is 16.9 Å². The number of aromatic nitrogens is 4. The second-order valence-corrected chi connectivity index (χ2v) is 5.11. The molecule has 2 aromatic heterocycles. The Morgan fingerprint density at radius 3 is 2.53 bits per heavy atom. The third-order valence-electron chi connectivity index (χ3n) is 3.13. The minimum Gasteiger partial charge on any atom is -0.368 e. The van der Waals surface area contributed by atoms with Gasteiger partial charge in [0.05, 0.1) is 5.69 Å². The lowest BCUT2D eigenvalue weighted by molar-refractivity contribution is 0.675. The van der Waals surface area contributed by atoms with Crippen molar-refractivity contribution in [1.29, 1.82) is 0 Å². The summed E-state index contributed by atoms with van der Waals surface area (Å²) in [5.74, 6) is 2.11. The molecular formula is C14H23N5. The van der Waals surface area contributed by atoms with Crippen LogP contribution < -0.4 is 5.32 Å². The summed E-state index contributed by atoms with van der Waals surface area (Å²) in [6.45, 7) is 12.2. The Hall–Kier alpha value is -1.65. The normalized spacial score (nSPS) is 11.5. The topological polar surface area (TPSA) is 55.6 Å². The molecule has 2 aromatic rings. The number of fused-ring (bicyclic) bond motifs is 1. The van der Waals surface area contributed by atoms with E-state index in [1.165, 1.54) is 0 Å². The highest BCUT2D eigenvalue weighted by molar-refractivity contribution is 5.87. The van der Waals surface area contributed by atoms with Gasteiger partial charge in [-0.1, -0.05) is 20.8 Å². The molecule has 0 bridgehead atoms. The molecule has 0 unspecified atom stereocenters. The van der Waals surface area contributed by atoms with Crippen LogP contribution in [0.2, 0.25) is 0 Å². The molecule has 0 aliphatic rings. The van der Waals surface area contributed by atoms with E-state index in [0.717, 1.165) is 47.9 Å². The monoisotopic (exact) mass is 261 g/mol. The number of rotatable bonds is 5. The standard InChI is InChI=1S/C14H23N5/c1-6-8-15-14-12-11(10(5)18-19(12)7-2)16-13(17-14)9(3)4/h9H,6-8H2,1-5H3,(H,15,16,17). The molecule has 2 rings (SSSR count). The maximum absolute atomic E-state index is 4.68. The first-order valence-corrected chi connectivity index (χ1v) is 7.07. The summed E-state index contributed by atoms with van der Waals surface area (Å²) in [5.41, 5.74) is 2.97. The summed E-state index contributed by atoms with van der Waals surface area (Å²) >= 11 is 0. The van der Waals surface area contributed by atoms with Crippen LogP contribution in [-0.2, 0) is 6.54 Å². The lowest BCUT2D eigenvalue weighted by Crippen LogP contribution is -2.09. The minimum absolute atomic E-state index is 0.316. The van der Waals surface area contributed by atoms with Gasteiger partial charge in [0.2, 0.25) is 0 Å². The molecule has 0 radical (unpaired) electrons. The van der Waals surface area contributed by atoms with E-state index in [-0.39, 0.29) is 0 Å². The predicted octanol–water partition coefficient (Wildman–Crippen LogP) is 3.10. The van der Waals surface area contributed by atoms with Gasteiger partial charge in [-0.3, -0.25) is 4.68 Å². The van der Waals surface area contributed by atoms with Crippen LogP contribution in [0.15, 0.2) is 0 Å². The Morgan fingerprint density at radius 1 is 1.21 bits per heavy atom. The van der Waals surface area contributed by atoms with Gasteiger partial charge >= 0.3 is 0 Å². The average molecular weight is 261 g/mol. The summed E-state index contributed by atoms with van der Waals surface area (Å²) in [6.07, 6.45) is 1.07. The Bertz CT molecular complexity index is 571. The van der Waals surface area contributed by atoms with Crippen LogP contribution >= 0.6 is 0 Å². The number of hydrogen-bond acceptors (Lipinski definition) is 4. The molecule has 0 fully saturated rings. The molecule has 0 atom stereocenters. The van der Waals surface area contributed by atoms with Crippen LogP contribution in [0.3, 0.4) is 0 Å². The van der Waals surface area contributed by atoms with Crippen LogP contribution in [0.4, 0.5) is 5.82 Å². The van der Waals surface area contributed by atoms with Crippen molar-refractivity contribution in [3.8, 4) is 0 Å². The van der Waals surface area contributed by atoms with Gasteiger partial charge in [0.25, 0.3) is 0 Å². The third kappa shape index (κ3) is 2.55. The Balaban J connectivity index is 2.65. The fourth-order valence-corrected chi connectivity index (χ4v) is 2.10. The number of anilines is 1. The zero-order valence-electron chi connectivity index (χ0n) is 12.5. The second kappa shape index (κ2) is 5.55. The first-order valence-electron chi connectivity index (χ1n) is 7.07. The molecule has 0 aliphatic heterocycles. The molecule has 19 heavy (non-hydrogen) atoms. The lowest BCUT2D eigenvalue weighted by Gasteiger charge is -2.11. The van der Waals surface area contributed by atoms with Crippen molar-refractivity contribution in [3.63, 3.8) is 0 Å². The summed E-state index contributed by atoms with van der Waals surface area (Å²) in [7, 11) is 0. The largest absolute Gasteiger partial charge is 0.368 e. The zero-order chi connectivity index (χ0) is 14.0. The van der Waals surface area contributed by atoms with Gasteiger partial charge in [-0.05, 0) is 20.3 Å². The molecule has 0 amide bonds. The van der Waals surface area contributed by atoms with Crippen LogP contribution in [0.1, 0.15) is 51.6 Å². The molecule has 0 aliphatic carbocycles. The van der Waals surface area contributed by atoms with Crippen LogP contribution in [-0.4, -0.2) is 26.3 Å². The number of nitrogens with one attached hydrogen (secondary N) is 1. The molecule has 1 N–H and O–H groups in total. The van der Waals surface area contributed by atoms with E-state index in [2.05, 4.69) is 48.1 Å². The smallest absolute Gasteiger partial charge is 0.156 e. The summed E-state index contributed by atoms with van der Waals surface area (Å²) < 4.78 is 1.98. The van der Waals surface area contributed by atoms with E-state index >= 15 is 0 Å². The van der Waals surface area contributed by atoms with E-state index in [9.17, 15) is 0 Å². The molecule has 5 heteroatoms. The quantitative estimate of drug-likeness (QED) is 0.898. The molecule has 2 heterocycles. The molecule has 0 spiro atoms. The molecule has 0 saturated carbocycles. The van der Waals surface area contributed by atoms with Gasteiger partial charge in [0, 0.05) is 19.0 Å². The van der Waals surface area contributed by atoms with E-state index < -0.39 is 0 Å². The lowest BCUT2D eigenvalue weighted by atomic mass is 10.2. The van der Waals surface area contributed by atoms with Crippen LogP contribution in [0.5, 0.6) is 0 Å². The van der Waals surface area contributed by atoms with Crippen LogP contribution in [0.25, 0.3) is 11.0 Å². The predicted molar refractivity (Wildman–Crippen MR) is 78.6 cm³/mol. The van der Waals surface area contributed by atoms with Crippen molar-refractivity contribution in [3.05, 3.63) is 11.5 Å². The second-order valence-electron chi connectivity index (χ2n) is 5.11. The number of nitrogens with zero attached hydrogens (tertiary/aromatic N) is 4. The molecular weight excluding hydrogens is 238 g/mol. The van der Waals surface area contributed by atoms with Gasteiger partial charge in [0.1, 0.15) is 16.9 Å².